The molecule has 0 heterocycles. The first-order valence-corrected chi connectivity index (χ1v) is 9.18. The minimum absolute atomic E-state index is 0.209. The zero-order valence-electron chi connectivity index (χ0n) is 15.6. The second-order valence-electron chi connectivity index (χ2n) is 6.99. The van der Waals surface area contributed by atoms with Gasteiger partial charge in [0.15, 0.2) is 0 Å². The third kappa shape index (κ3) is 6.77. The number of alkyl halides is 3. The van der Waals surface area contributed by atoms with Crippen LogP contribution < -0.4 is 0 Å². The molecule has 0 atom stereocenters. The van der Waals surface area contributed by atoms with Crippen LogP contribution in [-0.2, 0) is 12.8 Å². The van der Waals surface area contributed by atoms with E-state index < -0.39 is 11.7 Å². The van der Waals surface area contributed by atoms with Crippen LogP contribution in [0.1, 0.15) is 43.7 Å². The molecule has 2 rings (SSSR count). The van der Waals surface area contributed by atoms with E-state index in [1.165, 1.54) is 0 Å². The van der Waals surface area contributed by atoms with E-state index in [2.05, 4.69) is 16.7 Å². The molecule has 0 spiro atoms. The molecule has 0 unspecified atom stereocenters. The molecule has 0 radical (unpaired) electrons. The van der Waals surface area contributed by atoms with Crippen LogP contribution >= 0.6 is 0 Å². The molecule has 0 aromatic heterocycles. The summed E-state index contributed by atoms with van der Waals surface area (Å²) in [5.74, 6) is 0.353. The lowest BCUT2D eigenvalue weighted by Crippen LogP contribution is -2.11. The highest BCUT2D eigenvalue weighted by Crippen LogP contribution is 2.29. The second kappa shape index (κ2) is 9.62. The Hall–Kier alpha value is -2.24. The molecule has 3 nitrogen and oxygen atoms in total. The largest absolute Gasteiger partial charge is 0.415 e. The van der Waals surface area contributed by atoms with Gasteiger partial charge in [0, 0.05) is 17.8 Å². The van der Waals surface area contributed by atoms with Crippen LogP contribution in [0.2, 0.25) is 0 Å². The van der Waals surface area contributed by atoms with Crippen molar-refractivity contribution in [1.82, 2.24) is 0 Å². The molecule has 1 aromatic rings. The lowest BCUT2D eigenvalue weighted by Gasteiger charge is -2.12. The summed E-state index contributed by atoms with van der Waals surface area (Å²) in [4.78, 5) is 14.8. The van der Waals surface area contributed by atoms with Crippen LogP contribution in [0.5, 0.6) is 0 Å². The number of rotatable bonds is 8. The van der Waals surface area contributed by atoms with Crippen molar-refractivity contribution in [3.63, 3.8) is 0 Å². The van der Waals surface area contributed by atoms with Crippen molar-refractivity contribution < 1.29 is 13.2 Å². The average Bonchev–Trinajstić information content (AvgIpc) is 3.15. The van der Waals surface area contributed by atoms with Gasteiger partial charge in [0.25, 0.3) is 0 Å². The van der Waals surface area contributed by atoms with Crippen molar-refractivity contribution >= 4 is 5.71 Å². The molecule has 0 bridgehead atoms. The lowest BCUT2D eigenvalue weighted by molar-refractivity contribution is -0.0879. The maximum absolute atomic E-state index is 12.9. The van der Waals surface area contributed by atoms with Crippen molar-refractivity contribution in [2.75, 3.05) is 6.54 Å². The number of halogens is 3. The molecule has 0 amide bonds. The van der Waals surface area contributed by atoms with E-state index >= 15 is 0 Å². The van der Waals surface area contributed by atoms with Gasteiger partial charge < -0.3 is 0 Å². The summed E-state index contributed by atoms with van der Waals surface area (Å²) < 4.78 is 38.8. The Bertz CT molecular complexity index is 712. The molecule has 0 saturated heterocycles. The number of hydrogen-bond acceptors (Lipinski definition) is 3. The van der Waals surface area contributed by atoms with E-state index in [4.69, 9.17) is 0 Å². The Morgan fingerprint density at radius 1 is 1.19 bits per heavy atom. The van der Waals surface area contributed by atoms with E-state index in [1.807, 2.05) is 31.2 Å². The highest BCUT2D eigenvalue weighted by Gasteiger charge is 2.30. The molecule has 0 N–H and O–H groups in total. The van der Waals surface area contributed by atoms with Crippen LogP contribution in [0.4, 0.5) is 13.2 Å². The highest BCUT2D eigenvalue weighted by atomic mass is 19.4. The van der Waals surface area contributed by atoms with Gasteiger partial charge >= 0.3 is 6.18 Å². The normalized spacial score (nSPS) is 16.6. The molecule has 0 aliphatic heterocycles. The van der Waals surface area contributed by atoms with Gasteiger partial charge in [0.2, 0.25) is 0 Å². The first-order valence-electron chi connectivity index (χ1n) is 9.18. The molecule has 146 valence electrons. The van der Waals surface area contributed by atoms with E-state index in [9.17, 15) is 18.1 Å². The van der Waals surface area contributed by atoms with Gasteiger partial charge in [-0.3, -0.25) is 4.99 Å². The highest BCUT2D eigenvalue weighted by molar-refractivity contribution is 5.85. The van der Waals surface area contributed by atoms with Crippen LogP contribution in [0.15, 0.2) is 58.4 Å². The Labute approximate surface area is 158 Å². The summed E-state index contributed by atoms with van der Waals surface area (Å²) >= 11 is 0. The van der Waals surface area contributed by atoms with Gasteiger partial charge in [-0.25, -0.2) is 0 Å². The van der Waals surface area contributed by atoms with Gasteiger partial charge in [-0.15, -0.1) is 0 Å². The molecule has 1 aliphatic rings. The minimum Gasteiger partial charge on any atom is -0.262 e. The predicted octanol–water partition coefficient (Wildman–Crippen LogP) is 6.19. The Morgan fingerprint density at radius 2 is 1.78 bits per heavy atom. The number of aliphatic imine (C=N–C) groups is 1. The van der Waals surface area contributed by atoms with Gasteiger partial charge in [-0.05, 0) is 49.3 Å². The zero-order chi connectivity index (χ0) is 19.9. The molecular weight excluding hydrogens is 353 g/mol. The van der Waals surface area contributed by atoms with E-state index in [-0.39, 0.29) is 6.54 Å². The number of nitrogens with zero attached hydrogens (tertiary/aromatic N) is 2. The maximum Gasteiger partial charge on any atom is 0.415 e. The van der Waals surface area contributed by atoms with Gasteiger partial charge in [-0.2, -0.15) is 18.1 Å². The smallest absolute Gasteiger partial charge is 0.262 e. The van der Waals surface area contributed by atoms with Crippen molar-refractivity contribution in [3.8, 4) is 0 Å². The van der Waals surface area contributed by atoms with E-state index in [0.717, 1.165) is 48.6 Å². The molecule has 6 heteroatoms. The van der Waals surface area contributed by atoms with Gasteiger partial charge in [-0.1, -0.05) is 48.9 Å². The first kappa shape index (κ1) is 21.1. The maximum atomic E-state index is 12.9. The number of allylic oxidation sites excluding steroid dienone is 3. The van der Waals surface area contributed by atoms with Crippen LogP contribution in [-0.4, -0.2) is 18.4 Å². The fourth-order valence-electron chi connectivity index (χ4n) is 3.27. The Morgan fingerprint density at radius 3 is 2.33 bits per heavy atom. The average molecular weight is 378 g/mol. The number of nitroso groups, excluding NO2 is 1. The molecule has 1 aromatic carbocycles. The van der Waals surface area contributed by atoms with Crippen molar-refractivity contribution in [2.45, 2.75) is 51.6 Å². The molecule has 1 fully saturated rings. The van der Waals surface area contributed by atoms with Crippen molar-refractivity contribution in [1.29, 1.82) is 0 Å². The number of hydrogen-bond donors (Lipinski definition) is 0. The quantitative estimate of drug-likeness (QED) is 0.302. The standard InChI is InChI=1S/C21H25F3N2O/c1-15(21(22,23)24)13-20(26-16(2)19-5-3-4-6-19)14-18-9-7-17(8-10-18)11-12-25-27/h7-10,13,19H,1,3-6,11-12,14H2,2H3/b20-13-,26-16+. The molecular formula is C21H25F3N2O. The van der Waals surface area contributed by atoms with Crippen molar-refractivity contribution in [3.05, 3.63) is 64.2 Å². The van der Waals surface area contributed by atoms with Gasteiger partial charge in [0.1, 0.15) is 0 Å². The van der Waals surface area contributed by atoms with E-state index in [1.54, 1.807) is 0 Å². The summed E-state index contributed by atoms with van der Waals surface area (Å²) in [6.07, 6.45) is 1.80. The third-order valence-electron chi connectivity index (χ3n) is 4.87. The van der Waals surface area contributed by atoms with Crippen LogP contribution in [0, 0.1) is 10.8 Å². The summed E-state index contributed by atoms with van der Waals surface area (Å²) in [5, 5.41) is 2.83. The summed E-state index contributed by atoms with van der Waals surface area (Å²) in [5.41, 5.74) is 2.19. The van der Waals surface area contributed by atoms with Crippen LogP contribution in [0.3, 0.4) is 0 Å². The zero-order valence-corrected chi connectivity index (χ0v) is 15.6. The minimum atomic E-state index is -4.46. The predicted molar refractivity (Wildman–Crippen MR) is 103 cm³/mol. The summed E-state index contributed by atoms with van der Waals surface area (Å²) in [6.45, 7) is 5.26. The number of benzene rings is 1. The molecule has 1 saturated carbocycles. The molecule has 27 heavy (non-hydrogen) atoms. The SMILES string of the molecule is C=C(/C=C(Cc1ccc(CCN=O)cc1)\N=C(/C)C1CCCC1)C(F)(F)F. The second-order valence-corrected chi connectivity index (χ2v) is 6.99. The Kier molecular flexibility index (Phi) is 7.51. The monoisotopic (exact) mass is 378 g/mol. The van der Waals surface area contributed by atoms with Gasteiger partial charge in [0.05, 0.1) is 12.1 Å². The first-order chi connectivity index (χ1) is 12.8. The topological polar surface area (TPSA) is 41.8 Å². The fraction of sp³-hybridized carbons (Fsp3) is 0.476. The van der Waals surface area contributed by atoms with E-state index in [0.29, 0.717) is 24.5 Å². The lowest BCUT2D eigenvalue weighted by atomic mass is 10.0. The Balaban J connectivity index is 2.21. The summed E-state index contributed by atoms with van der Waals surface area (Å²) in [7, 11) is 0. The molecule has 1 aliphatic carbocycles. The third-order valence-corrected chi connectivity index (χ3v) is 4.87. The van der Waals surface area contributed by atoms with Crippen molar-refractivity contribution in [2.24, 2.45) is 16.1 Å². The van der Waals surface area contributed by atoms with Crippen LogP contribution in [0.25, 0.3) is 0 Å². The summed E-state index contributed by atoms with van der Waals surface area (Å²) in [6, 6.07) is 7.43. The fourth-order valence-corrected chi connectivity index (χ4v) is 3.27.